The van der Waals surface area contributed by atoms with E-state index in [0.29, 0.717) is 18.4 Å². The summed E-state index contributed by atoms with van der Waals surface area (Å²) in [5, 5.41) is 18.7. The Morgan fingerprint density at radius 2 is 1.74 bits per heavy atom. The average molecular weight is 708 g/mol. The highest BCUT2D eigenvalue weighted by Crippen LogP contribution is 2.35. The number of carboxylic acids is 1. The van der Waals surface area contributed by atoms with E-state index in [1.165, 1.54) is 6.08 Å². The third-order valence-corrected chi connectivity index (χ3v) is 8.59. The maximum Gasteiger partial charge on any atom is 0.407 e. The van der Waals surface area contributed by atoms with Crippen molar-refractivity contribution in [3.63, 3.8) is 0 Å². The van der Waals surface area contributed by atoms with Crippen molar-refractivity contribution >= 4 is 41.5 Å². The number of nitrogens with zero attached hydrogens (tertiary/aromatic N) is 1. The van der Waals surface area contributed by atoms with Crippen LogP contribution in [0.25, 0.3) is 0 Å². The van der Waals surface area contributed by atoms with Gasteiger partial charge in [-0.1, -0.05) is 70.8 Å². The Kier molecular flexibility index (Phi) is 14.6. The number of allylic oxidation sites excluding steroid dienone is 5. The first-order chi connectivity index (χ1) is 23.6. The van der Waals surface area contributed by atoms with Crippen molar-refractivity contribution in [3.05, 3.63) is 35.6 Å². The molecule has 2 fully saturated rings. The first-order valence-electron chi connectivity index (χ1n) is 17.0. The van der Waals surface area contributed by atoms with Crippen LogP contribution in [-0.4, -0.2) is 95.2 Å². The summed E-state index contributed by atoms with van der Waals surface area (Å²) in [7, 11) is 0. The lowest BCUT2D eigenvalue weighted by atomic mass is 9.83. The Bertz CT molecular complexity index is 1400. The minimum Gasteiger partial charge on any atom is -0.477 e. The van der Waals surface area contributed by atoms with E-state index in [0.717, 1.165) is 24.2 Å². The van der Waals surface area contributed by atoms with Gasteiger partial charge in [0.25, 0.3) is 11.8 Å². The minimum atomic E-state index is -3.45. The van der Waals surface area contributed by atoms with E-state index < -0.39 is 90.7 Å². The fourth-order valence-corrected chi connectivity index (χ4v) is 6.11. The van der Waals surface area contributed by atoms with Gasteiger partial charge >= 0.3 is 12.1 Å². The zero-order valence-electron chi connectivity index (χ0n) is 28.6. The highest BCUT2D eigenvalue weighted by atomic mass is 19.3. The van der Waals surface area contributed by atoms with Crippen molar-refractivity contribution in [2.45, 2.75) is 103 Å². The number of ketones is 1. The molecule has 0 radical (unpaired) electrons. The highest BCUT2D eigenvalue weighted by molar-refractivity contribution is 6.38. The second-order valence-corrected chi connectivity index (χ2v) is 13.2. The number of rotatable bonds is 15. The fourth-order valence-electron chi connectivity index (χ4n) is 6.11. The summed E-state index contributed by atoms with van der Waals surface area (Å²) >= 11 is 0. The lowest BCUT2D eigenvalue weighted by Gasteiger charge is -2.34. The number of ether oxygens (including phenoxy) is 1. The molecule has 0 bridgehead atoms. The number of hydrogen-bond acceptors (Lipinski definition) is 8. The first kappa shape index (κ1) is 39.8. The van der Waals surface area contributed by atoms with Crippen LogP contribution in [0.1, 0.15) is 78.6 Å². The second-order valence-electron chi connectivity index (χ2n) is 13.2. The number of carboxylic acid groups (broad SMARTS) is 1. The van der Waals surface area contributed by atoms with Crippen molar-refractivity contribution in [1.82, 2.24) is 26.2 Å². The molecule has 1 saturated carbocycles. The molecule has 16 heteroatoms. The van der Waals surface area contributed by atoms with Crippen LogP contribution in [-0.2, 0) is 33.5 Å². The molecular weight excluding hydrogens is 660 g/mol. The molecule has 0 aromatic heterocycles. The number of aliphatic carboxylic acids is 1. The number of carbonyl (C=O) groups excluding carboxylic acids is 6. The van der Waals surface area contributed by atoms with E-state index in [2.05, 4.69) is 21.3 Å². The predicted octanol–water partition coefficient (Wildman–Crippen LogP) is 2.49. The van der Waals surface area contributed by atoms with Crippen LogP contribution in [0.2, 0.25) is 0 Å². The molecule has 3 atom stereocenters. The van der Waals surface area contributed by atoms with Gasteiger partial charge in [-0.3, -0.25) is 24.0 Å². The standard InChI is InChI=1S/C34H47F2N5O9/c1-4-11-23(28(43)30(45)37-17-25(42)39-27(32(47)48)22-14-9-6-10-15-22)38-29(44)24-16-34(35,36)19-41(24)31(46)26(21-12-7-5-8-13-21)40-33(49)50-18-20(2)3/h6,9-10,14,20-21,23-24,26H,4-5,7-8,11-13,15-19H2,1-3H3,(H,37,45)(H,38,44)(H,39,42)(H,40,49)(H,47,48)/t23?,24-,26-/m0/s1. The Hall–Kier alpha value is -4.63. The molecule has 1 saturated heterocycles. The monoisotopic (exact) mass is 707 g/mol. The van der Waals surface area contributed by atoms with Crippen LogP contribution in [0.3, 0.4) is 0 Å². The quantitative estimate of drug-likeness (QED) is 0.125. The average Bonchev–Trinajstić information content (AvgIpc) is 3.42. The van der Waals surface area contributed by atoms with Crippen LogP contribution in [0.15, 0.2) is 35.6 Å². The molecule has 5 N–H and O–H groups in total. The van der Waals surface area contributed by atoms with E-state index >= 15 is 0 Å². The molecule has 50 heavy (non-hydrogen) atoms. The molecular formula is C34H47F2N5O9. The van der Waals surface area contributed by atoms with Crippen molar-refractivity contribution in [2.75, 3.05) is 19.7 Å². The number of nitrogens with one attached hydrogen (secondary N) is 4. The second kappa shape index (κ2) is 18.4. The molecule has 2 aliphatic carbocycles. The van der Waals surface area contributed by atoms with Gasteiger partial charge in [0.05, 0.1) is 25.7 Å². The van der Waals surface area contributed by atoms with E-state index in [1.54, 1.807) is 25.2 Å². The molecule has 1 heterocycles. The number of likely N-dealkylation sites (tertiary alicyclic amines) is 1. The summed E-state index contributed by atoms with van der Waals surface area (Å²) in [5.74, 6) is -10.5. The Labute approximate surface area is 289 Å². The van der Waals surface area contributed by atoms with Crippen LogP contribution in [0.5, 0.6) is 0 Å². The van der Waals surface area contributed by atoms with Gasteiger partial charge in [0.15, 0.2) is 0 Å². The van der Waals surface area contributed by atoms with Gasteiger partial charge in [-0.2, -0.15) is 0 Å². The van der Waals surface area contributed by atoms with Crippen molar-refractivity contribution in [3.8, 4) is 0 Å². The minimum absolute atomic E-state index is 0.0112. The van der Waals surface area contributed by atoms with E-state index in [4.69, 9.17) is 4.74 Å². The lowest BCUT2D eigenvalue weighted by molar-refractivity contribution is -0.143. The number of alkyl carbamates (subject to hydrolysis) is 1. The zero-order chi connectivity index (χ0) is 37.0. The predicted molar refractivity (Wildman–Crippen MR) is 175 cm³/mol. The molecule has 3 rings (SSSR count). The first-order valence-corrected chi connectivity index (χ1v) is 17.0. The smallest absolute Gasteiger partial charge is 0.407 e. The van der Waals surface area contributed by atoms with Crippen LogP contribution in [0, 0.1) is 11.8 Å². The zero-order valence-corrected chi connectivity index (χ0v) is 28.6. The number of Topliss-reactive ketones (excluding diaryl/α,β-unsaturated/α-hetero) is 1. The maximum atomic E-state index is 14.8. The van der Waals surface area contributed by atoms with Gasteiger partial charge < -0.3 is 36.0 Å². The summed E-state index contributed by atoms with van der Waals surface area (Å²) in [5.41, 5.74) is -0.0773. The van der Waals surface area contributed by atoms with Gasteiger partial charge in [-0.25, -0.2) is 18.4 Å². The normalized spacial score (nSPS) is 20.8. The van der Waals surface area contributed by atoms with Gasteiger partial charge in [-0.05, 0) is 43.1 Å². The van der Waals surface area contributed by atoms with E-state index in [1.807, 2.05) is 13.8 Å². The summed E-state index contributed by atoms with van der Waals surface area (Å²) in [6.45, 7) is 3.53. The van der Waals surface area contributed by atoms with Crippen LogP contribution >= 0.6 is 0 Å². The summed E-state index contributed by atoms with van der Waals surface area (Å²) in [4.78, 5) is 90.6. The largest absolute Gasteiger partial charge is 0.477 e. The van der Waals surface area contributed by atoms with Crippen molar-refractivity contribution in [1.29, 1.82) is 0 Å². The van der Waals surface area contributed by atoms with Crippen LogP contribution < -0.4 is 21.3 Å². The van der Waals surface area contributed by atoms with E-state index in [-0.39, 0.29) is 37.7 Å². The number of carbonyl (C=O) groups is 7. The van der Waals surface area contributed by atoms with Gasteiger partial charge in [0.1, 0.15) is 17.8 Å². The Morgan fingerprint density at radius 3 is 2.34 bits per heavy atom. The number of alkyl halides is 2. The van der Waals surface area contributed by atoms with Gasteiger partial charge in [0, 0.05) is 6.42 Å². The molecule has 0 spiro atoms. The molecule has 1 aliphatic heterocycles. The summed E-state index contributed by atoms with van der Waals surface area (Å²) in [6.07, 6.45) is 8.64. The third kappa shape index (κ3) is 11.5. The lowest BCUT2D eigenvalue weighted by Crippen LogP contribution is -2.58. The Balaban J connectivity index is 1.70. The number of amides is 5. The molecule has 5 amide bonds. The van der Waals surface area contributed by atoms with Crippen molar-refractivity contribution in [2.24, 2.45) is 11.8 Å². The topological polar surface area (TPSA) is 200 Å². The van der Waals surface area contributed by atoms with Gasteiger partial charge in [0.2, 0.25) is 23.5 Å². The SMILES string of the molecule is CCCC(NC(=O)[C@@H]1CC(F)(F)CN1C(=O)[C@@H](NC(=O)OCC(C)C)C1CCCCC1)C(=O)C(=O)NCC(=O)NC(C(=O)O)=C1C=CC=CC1. The number of hydrogen-bond donors (Lipinski definition) is 5. The molecule has 14 nitrogen and oxygen atoms in total. The Morgan fingerprint density at radius 1 is 1.04 bits per heavy atom. The highest BCUT2D eigenvalue weighted by Gasteiger charge is 2.52. The third-order valence-electron chi connectivity index (χ3n) is 8.59. The van der Waals surface area contributed by atoms with Gasteiger partial charge in [-0.15, -0.1) is 0 Å². The summed E-state index contributed by atoms with van der Waals surface area (Å²) < 4.78 is 34.9. The summed E-state index contributed by atoms with van der Waals surface area (Å²) in [6, 6.07) is -4.40. The molecule has 0 aromatic carbocycles. The number of halogens is 2. The van der Waals surface area contributed by atoms with E-state index in [9.17, 15) is 47.4 Å². The van der Waals surface area contributed by atoms with Crippen LogP contribution in [0.4, 0.5) is 13.6 Å². The fraction of sp³-hybridized carbons (Fsp3) is 0.618. The molecule has 1 unspecified atom stereocenters. The molecule has 276 valence electrons. The molecule has 0 aromatic rings. The molecule has 3 aliphatic rings. The van der Waals surface area contributed by atoms with Crippen molar-refractivity contribution < 1.29 is 52.2 Å². The maximum absolute atomic E-state index is 14.8.